The monoisotopic (exact) mass is 391 g/mol. The fraction of sp³-hybridized carbons (Fsp3) is 0.636. The summed E-state index contributed by atoms with van der Waals surface area (Å²) in [5, 5.41) is 9.75. The normalized spacial score (nSPS) is 18.0. The Labute approximate surface area is 167 Å². The van der Waals surface area contributed by atoms with Crippen LogP contribution >= 0.6 is 0 Å². The Morgan fingerprint density at radius 3 is 2.71 bits per heavy atom. The molecular formula is C22H33NO5. The van der Waals surface area contributed by atoms with Crippen LogP contribution in [0.15, 0.2) is 24.3 Å². The predicted molar refractivity (Wildman–Crippen MR) is 107 cm³/mol. The highest BCUT2D eigenvalue weighted by Gasteiger charge is 2.38. The van der Waals surface area contributed by atoms with Gasteiger partial charge < -0.3 is 19.5 Å². The van der Waals surface area contributed by atoms with Crippen LogP contribution in [0.1, 0.15) is 52.5 Å². The van der Waals surface area contributed by atoms with Crippen molar-refractivity contribution in [3.63, 3.8) is 0 Å². The standard InChI is InChI=1S/C22H33NO5/c1-5-6-12-27-21(26)23-11-10-17(15-23)19(20(25)28-22(2,3)4)14-16-8-7-9-18(24)13-16/h7-9,13,17,19,24H,5-6,10-12,14-15H2,1-4H3/t17-,19-/m0/s1. The number of amides is 1. The third-order valence-corrected chi connectivity index (χ3v) is 4.85. The number of likely N-dealkylation sites (tertiary alicyclic amines) is 1. The van der Waals surface area contributed by atoms with E-state index in [9.17, 15) is 14.7 Å². The van der Waals surface area contributed by atoms with Gasteiger partial charge >= 0.3 is 12.1 Å². The van der Waals surface area contributed by atoms with Gasteiger partial charge in [0.25, 0.3) is 0 Å². The van der Waals surface area contributed by atoms with Crippen molar-refractivity contribution < 1.29 is 24.2 Å². The maximum atomic E-state index is 12.9. The van der Waals surface area contributed by atoms with Crippen LogP contribution in [0.4, 0.5) is 4.79 Å². The first-order valence-corrected chi connectivity index (χ1v) is 10.1. The van der Waals surface area contributed by atoms with Gasteiger partial charge in [0, 0.05) is 13.1 Å². The molecule has 6 heteroatoms. The number of rotatable bonds is 7. The molecule has 0 aliphatic carbocycles. The van der Waals surface area contributed by atoms with E-state index in [-0.39, 0.29) is 29.6 Å². The minimum absolute atomic E-state index is 0.00377. The van der Waals surface area contributed by atoms with Gasteiger partial charge in [0.1, 0.15) is 11.4 Å². The van der Waals surface area contributed by atoms with Crippen molar-refractivity contribution in [3.8, 4) is 5.75 Å². The van der Waals surface area contributed by atoms with E-state index in [0.717, 1.165) is 24.8 Å². The average Bonchev–Trinajstić information content (AvgIpc) is 3.08. The fourth-order valence-electron chi connectivity index (χ4n) is 3.43. The van der Waals surface area contributed by atoms with Gasteiger partial charge in [0.05, 0.1) is 12.5 Å². The van der Waals surface area contributed by atoms with Crippen LogP contribution in [0, 0.1) is 11.8 Å². The molecule has 1 N–H and O–H groups in total. The van der Waals surface area contributed by atoms with Gasteiger partial charge in [-0.3, -0.25) is 4.79 Å². The highest BCUT2D eigenvalue weighted by Crippen LogP contribution is 2.30. The van der Waals surface area contributed by atoms with Crippen molar-refractivity contribution in [3.05, 3.63) is 29.8 Å². The molecule has 2 rings (SSSR count). The second-order valence-corrected chi connectivity index (χ2v) is 8.48. The molecule has 1 aromatic carbocycles. The number of esters is 1. The molecule has 156 valence electrons. The average molecular weight is 392 g/mol. The summed E-state index contributed by atoms with van der Waals surface area (Å²) in [6, 6.07) is 6.93. The molecule has 1 heterocycles. The van der Waals surface area contributed by atoms with Gasteiger partial charge in [-0.1, -0.05) is 25.5 Å². The summed E-state index contributed by atoms with van der Waals surface area (Å²) >= 11 is 0. The number of hydrogen-bond donors (Lipinski definition) is 1. The van der Waals surface area contributed by atoms with Crippen LogP contribution in [-0.2, 0) is 20.7 Å². The van der Waals surface area contributed by atoms with Crippen LogP contribution in [0.3, 0.4) is 0 Å². The Morgan fingerprint density at radius 2 is 2.07 bits per heavy atom. The zero-order chi connectivity index (χ0) is 20.7. The van der Waals surface area contributed by atoms with Gasteiger partial charge in [-0.2, -0.15) is 0 Å². The highest BCUT2D eigenvalue weighted by molar-refractivity contribution is 5.74. The van der Waals surface area contributed by atoms with Gasteiger partial charge in [0.2, 0.25) is 0 Å². The molecule has 1 aliphatic heterocycles. The summed E-state index contributed by atoms with van der Waals surface area (Å²) in [4.78, 5) is 26.8. The molecule has 1 saturated heterocycles. The quantitative estimate of drug-likeness (QED) is 0.558. The summed E-state index contributed by atoms with van der Waals surface area (Å²) in [5.74, 6) is -0.472. The molecule has 0 aromatic heterocycles. The Kier molecular flexibility index (Phi) is 7.72. The number of benzene rings is 1. The van der Waals surface area contributed by atoms with E-state index in [0.29, 0.717) is 26.1 Å². The first-order valence-electron chi connectivity index (χ1n) is 10.1. The fourth-order valence-corrected chi connectivity index (χ4v) is 3.43. The lowest BCUT2D eigenvalue weighted by Gasteiger charge is -2.27. The van der Waals surface area contributed by atoms with Gasteiger partial charge in [0.15, 0.2) is 0 Å². The molecule has 0 bridgehead atoms. The van der Waals surface area contributed by atoms with Crippen LogP contribution in [0.5, 0.6) is 5.75 Å². The highest BCUT2D eigenvalue weighted by atomic mass is 16.6. The van der Waals surface area contributed by atoms with Gasteiger partial charge in [-0.05, 0) is 63.6 Å². The molecule has 6 nitrogen and oxygen atoms in total. The van der Waals surface area contributed by atoms with Crippen molar-refractivity contribution in [1.82, 2.24) is 4.90 Å². The molecule has 2 atom stereocenters. The number of hydrogen-bond acceptors (Lipinski definition) is 5. The molecule has 1 aromatic rings. The van der Waals surface area contributed by atoms with E-state index in [2.05, 4.69) is 0 Å². The van der Waals surface area contributed by atoms with Gasteiger partial charge in [-0.25, -0.2) is 4.79 Å². The zero-order valence-corrected chi connectivity index (χ0v) is 17.4. The predicted octanol–water partition coefficient (Wildman–Crippen LogP) is 4.15. The van der Waals surface area contributed by atoms with Crippen LogP contribution in [-0.4, -0.2) is 47.4 Å². The molecule has 0 spiro atoms. The first kappa shape index (κ1) is 22.1. The minimum Gasteiger partial charge on any atom is -0.508 e. The molecular weight excluding hydrogens is 358 g/mol. The summed E-state index contributed by atoms with van der Waals surface area (Å²) in [6.45, 7) is 9.08. The molecule has 1 aliphatic rings. The topological polar surface area (TPSA) is 76.1 Å². The molecule has 1 amide bonds. The maximum absolute atomic E-state index is 12.9. The third-order valence-electron chi connectivity index (χ3n) is 4.85. The molecule has 0 saturated carbocycles. The molecule has 0 radical (unpaired) electrons. The second-order valence-electron chi connectivity index (χ2n) is 8.48. The third kappa shape index (κ3) is 6.73. The van der Waals surface area contributed by atoms with Crippen LogP contribution < -0.4 is 0 Å². The number of phenols is 1. The number of unbranched alkanes of at least 4 members (excludes halogenated alkanes) is 1. The summed E-state index contributed by atoms with van der Waals surface area (Å²) < 4.78 is 11.0. The number of aromatic hydroxyl groups is 1. The van der Waals surface area contributed by atoms with Crippen molar-refractivity contribution in [2.75, 3.05) is 19.7 Å². The van der Waals surface area contributed by atoms with E-state index in [1.54, 1.807) is 23.1 Å². The smallest absolute Gasteiger partial charge is 0.409 e. The lowest BCUT2D eigenvalue weighted by atomic mass is 9.86. The molecule has 28 heavy (non-hydrogen) atoms. The SMILES string of the molecule is CCCCOC(=O)N1CC[C@H]([C@H](Cc2cccc(O)c2)C(=O)OC(C)(C)C)C1. The van der Waals surface area contributed by atoms with Crippen molar-refractivity contribution >= 4 is 12.1 Å². The lowest BCUT2D eigenvalue weighted by Crippen LogP contribution is -2.36. The number of nitrogens with zero attached hydrogens (tertiary/aromatic N) is 1. The van der Waals surface area contributed by atoms with E-state index in [4.69, 9.17) is 9.47 Å². The first-order chi connectivity index (χ1) is 13.2. The Morgan fingerprint density at radius 1 is 1.32 bits per heavy atom. The number of carbonyl (C=O) groups is 2. The number of phenolic OH excluding ortho intramolecular Hbond substituents is 1. The van der Waals surface area contributed by atoms with Crippen molar-refractivity contribution in [2.24, 2.45) is 11.8 Å². The van der Waals surface area contributed by atoms with E-state index in [1.165, 1.54) is 0 Å². The van der Waals surface area contributed by atoms with Crippen molar-refractivity contribution in [2.45, 2.75) is 59.0 Å². The van der Waals surface area contributed by atoms with E-state index in [1.807, 2.05) is 33.8 Å². The molecule has 1 fully saturated rings. The molecule has 0 unspecified atom stereocenters. The maximum Gasteiger partial charge on any atom is 0.409 e. The van der Waals surface area contributed by atoms with Crippen LogP contribution in [0.25, 0.3) is 0 Å². The summed E-state index contributed by atoms with van der Waals surface area (Å²) in [6.07, 6.45) is 2.70. The van der Waals surface area contributed by atoms with E-state index < -0.39 is 5.60 Å². The lowest BCUT2D eigenvalue weighted by molar-refractivity contribution is -0.161. The summed E-state index contributed by atoms with van der Waals surface area (Å²) in [7, 11) is 0. The Hall–Kier alpha value is -2.24. The Balaban J connectivity index is 2.08. The number of carbonyl (C=O) groups excluding carboxylic acids is 2. The van der Waals surface area contributed by atoms with Gasteiger partial charge in [-0.15, -0.1) is 0 Å². The number of ether oxygens (including phenoxy) is 2. The largest absolute Gasteiger partial charge is 0.508 e. The van der Waals surface area contributed by atoms with E-state index >= 15 is 0 Å². The summed E-state index contributed by atoms with van der Waals surface area (Å²) in [5.41, 5.74) is 0.297. The van der Waals surface area contributed by atoms with Crippen LogP contribution in [0.2, 0.25) is 0 Å². The Bertz CT molecular complexity index is 667. The van der Waals surface area contributed by atoms with Crippen molar-refractivity contribution in [1.29, 1.82) is 0 Å². The minimum atomic E-state index is -0.578. The zero-order valence-electron chi connectivity index (χ0n) is 17.4. The second kappa shape index (κ2) is 9.80.